The fraction of sp³-hybridized carbons (Fsp3) is 0.0769. The third-order valence-electron chi connectivity index (χ3n) is 4.35. The maximum absolute atomic E-state index is 10.5. The molecule has 0 aliphatic rings. The van der Waals surface area contributed by atoms with Crippen molar-refractivity contribution in [2.45, 2.75) is 20.9 Å². The molecule has 35 heavy (non-hydrogen) atoms. The van der Waals surface area contributed by atoms with Gasteiger partial charge in [-0.15, -0.1) is 24.4 Å². The fourth-order valence-electron chi connectivity index (χ4n) is 2.55. The molecule has 0 heterocycles. The molecule has 9 heteroatoms. The summed E-state index contributed by atoms with van der Waals surface area (Å²) in [6.07, 6.45) is 0. The van der Waals surface area contributed by atoms with E-state index in [9.17, 15) is 20.2 Å². The standard InChI is InChI=1S/C13H11NO2S.C7H7Br.C6H5NO2S/c15-14(16)12-6-8-13(9-7-12)17-10-11-4-2-1-3-5-11;8-6-7-4-2-1-3-5-7;8-7(9)5-1-3-6(10)4-2-5/h1-9H,10H2;1-5H,6H2;1-4,10H. The van der Waals surface area contributed by atoms with Crippen molar-refractivity contribution in [3.8, 4) is 0 Å². The van der Waals surface area contributed by atoms with Gasteiger partial charge in [-0.25, -0.2) is 0 Å². The highest BCUT2D eigenvalue weighted by molar-refractivity contribution is 9.08. The first-order chi connectivity index (χ1) is 16.9. The first kappa shape index (κ1) is 28.1. The van der Waals surface area contributed by atoms with E-state index in [2.05, 4.69) is 52.8 Å². The van der Waals surface area contributed by atoms with Crippen LogP contribution in [0.4, 0.5) is 11.4 Å². The summed E-state index contributed by atoms with van der Waals surface area (Å²) in [6, 6.07) is 33.1. The van der Waals surface area contributed by atoms with Crippen LogP contribution in [0.2, 0.25) is 0 Å². The molecule has 0 radical (unpaired) electrons. The van der Waals surface area contributed by atoms with Gasteiger partial charge in [0.1, 0.15) is 0 Å². The molecule has 0 bridgehead atoms. The van der Waals surface area contributed by atoms with Crippen LogP contribution in [0.15, 0.2) is 119 Å². The van der Waals surface area contributed by atoms with Gasteiger partial charge in [0.2, 0.25) is 0 Å². The minimum atomic E-state index is -0.437. The molecular weight excluding hydrogens is 548 g/mol. The van der Waals surface area contributed by atoms with Crippen molar-refractivity contribution in [3.63, 3.8) is 0 Å². The van der Waals surface area contributed by atoms with Crippen LogP contribution >= 0.6 is 40.3 Å². The number of nitro benzene ring substituents is 2. The van der Waals surface area contributed by atoms with Gasteiger partial charge in [-0.1, -0.05) is 76.6 Å². The molecule has 0 aromatic heterocycles. The van der Waals surface area contributed by atoms with Crippen LogP contribution in [0.25, 0.3) is 0 Å². The SMILES string of the molecule is BrCc1ccccc1.O=[N+]([O-])c1ccc(S)cc1.O=[N+]([O-])c1ccc(SCc2ccccc2)cc1. The van der Waals surface area contributed by atoms with Crippen molar-refractivity contribution < 1.29 is 9.85 Å². The summed E-state index contributed by atoms with van der Waals surface area (Å²) >= 11 is 9.01. The van der Waals surface area contributed by atoms with Crippen LogP contribution in [0.3, 0.4) is 0 Å². The van der Waals surface area contributed by atoms with E-state index in [1.807, 2.05) is 36.4 Å². The van der Waals surface area contributed by atoms with Crippen molar-refractivity contribution in [1.29, 1.82) is 0 Å². The van der Waals surface area contributed by atoms with E-state index in [0.717, 1.165) is 20.9 Å². The van der Waals surface area contributed by atoms with Crippen molar-refractivity contribution in [2.75, 3.05) is 0 Å². The van der Waals surface area contributed by atoms with E-state index in [1.165, 1.54) is 35.4 Å². The topological polar surface area (TPSA) is 86.3 Å². The van der Waals surface area contributed by atoms with E-state index in [4.69, 9.17) is 0 Å². The summed E-state index contributed by atoms with van der Waals surface area (Å²) in [5.74, 6) is 0.874. The van der Waals surface area contributed by atoms with Crippen LogP contribution in [0.5, 0.6) is 0 Å². The summed E-state index contributed by atoms with van der Waals surface area (Å²) in [5, 5.41) is 21.5. The number of non-ortho nitro benzene ring substituents is 2. The van der Waals surface area contributed by atoms with Gasteiger partial charge >= 0.3 is 0 Å². The molecule has 4 aromatic rings. The van der Waals surface area contributed by atoms with Gasteiger partial charge in [0.15, 0.2) is 0 Å². The number of hydrogen-bond donors (Lipinski definition) is 1. The Hall–Kier alpha value is -3.14. The van der Waals surface area contributed by atoms with Gasteiger partial charge < -0.3 is 0 Å². The van der Waals surface area contributed by atoms with Crippen LogP contribution < -0.4 is 0 Å². The number of rotatable bonds is 6. The Morgan fingerprint density at radius 1 is 0.657 bits per heavy atom. The molecule has 0 spiro atoms. The molecule has 6 nitrogen and oxygen atoms in total. The maximum atomic E-state index is 10.5. The molecule has 0 atom stereocenters. The smallest absolute Gasteiger partial charge is 0.258 e. The highest BCUT2D eigenvalue weighted by Crippen LogP contribution is 2.24. The number of benzene rings is 4. The van der Waals surface area contributed by atoms with E-state index in [0.29, 0.717) is 0 Å². The number of hydrogen-bond acceptors (Lipinski definition) is 6. The van der Waals surface area contributed by atoms with Crippen molar-refractivity contribution >= 4 is 51.7 Å². The first-order valence-corrected chi connectivity index (χ1v) is 12.9. The van der Waals surface area contributed by atoms with Gasteiger partial charge in [0.25, 0.3) is 11.4 Å². The lowest BCUT2D eigenvalue weighted by atomic mass is 10.2. The number of thiol groups is 1. The van der Waals surface area contributed by atoms with E-state index < -0.39 is 4.92 Å². The summed E-state index contributed by atoms with van der Waals surface area (Å²) in [7, 11) is 0. The third-order valence-corrected chi connectivity index (χ3v) is 6.38. The van der Waals surface area contributed by atoms with E-state index >= 15 is 0 Å². The molecule has 0 aliphatic carbocycles. The Morgan fingerprint density at radius 3 is 1.49 bits per heavy atom. The lowest BCUT2D eigenvalue weighted by Gasteiger charge is -2.01. The summed E-state index contributed by atoms with van der Waals surface area (Å²) in [4.78, 5) is 21.5. The van der Waals surface area contributed by atoms with Crippen LogP contribution in [-0.2, 0) is 11.1 Å². The highest BCUT2D eigenvalue weighted by atomic mass is 79.9. The molecular formula is C26H23BrN2O4S2. The van der Waals surface area contributed by atoms with Gasteiger partial charge in [0.05, 0.1) is 9.85 Å². The zero-order valence-electron chi connectivity index (χ0n) is 18.6. The molecule has 0 aliphatic heterocycles. The van der Waals surface area contributed by atoms with Crippen LogP contribution in [0, 0.1) is 20.2 Å². The second-order valence-electron chi connectivity index (χ2n) is 6.92. The molecule has 0 saturated carbocycles. The molecule has 4 rings (SSSR count). The second kappa shape index (κ2) is 15.7. The number of nitrogens with zero attached hydrogens (tertiary/aromatic N) is 2. The molecule has 0 amide bonds. The number of nitro groups is 2. The highest BCUT2D eigenvalue weighted by Gasteiger charge is 2.04. The number of alkyl halides is 1. The third kappa shape index (κ3) is 11.2. The zero-order valence-corrected chi connectivity index (χ0v) is 21.9. The van der Waals surface area contributed by atoms with Crippen molar-refractivity contribution in [3.05, 3.63) is 141 Å². The fourth-order valence-corrected chi connectivity index (χ4v) is 3.92. The summed E-state index contributed by atoms with van der Waals surface area (Å²) < 4.78 is 0. The lowest BCUT2D eigenvalue weighted by molar-refractivity contribution is -0.385. The summed E-state index contributed by atoms with van der Waals surface area (Å²) in [6.45, 7) is 0. The van der Waals surface area contributed by atoms with E-state index in [-0.39, 0.29) is 16.3 Å². The predicted molar refractivity (Wildman–Crippen MR) is 149 cm³/mol. The summed E-state index contributed by atoms with van der Waals surface area (Å²) in [5.41, 5.74) is 2.80. The average molecular weight is 572 g/mol. The van der Waals surface area contributed by atoms with Gasteiger partial charge in [-0.3, -0.25) is 20.2 Å². The second-order valence-corrected chi connectivity index (χ2v) is 9.04. The molecule has 0 saturated heterocycles. The minimum absolute atomic E-state index is 0.0952. The van der Waals surface area contributed by atoms with Crippen LogP contribution in [-0.4, -0.2) is 9.85 Å². The average Bonchev–Trinajstić information content (AvgIpc) is 2.90. The predicted octanol–water partition coefficient (Wildman–Crippen LogP) is 8.35. The zero-order chi connectivity index (χ0) is 25.5. The molecule has 0 N–H and O–H groups in total. The van der Waals surface area contributed by atoms with Crippen molar-refractivity contribution in [1.82, 2.24) is 0 Å². The van der Waals surface area contributed by atoms with Gasteiger partial charge in [-0.05, 0) is 35.4 Å². The minimum Gasteiger partial charge on any atom is -0.258 e. The monoisotopic (exact) mass is 570 g/mol. The Balaban J connectivity index is 0.000000204. The Bertz CT molecular complexity index is 1180. The molecule has 0 unspecified atom stereocenters. The van der Waals surface area contributed by atoms with Gasteiger partial charge in [0, 0.05) is 45.1 Å². The van der Waals surface area contributed by atoms with Crippen LogP contribution in [0.1, 0.15) is 11.1 Å². The Morgan fingerprint density at radius 2 is 1.09 bits per heavy atom. The Labute approximate surface area is 222 Å². The molecule has 0 fully saturated rings. The Kier molecular flexibility index (Phi) is 12.6. The molecule has 4 aromatic carbocycles. The van der Waals surface area contributed by atoms with Gasteiger partial charge in [-0.2, -0.15) is 0 Å². The lowest BCUT2D eigenvalue weighted by Crippen LogP contribution is -1.86. The molecule has 180 valence electrons. The van der Waals surface area contributed by atoms with E-state index in [1.54, 1.807) is 36.0 Å². The number of thioether (sulfide) groups is 1. The number of halogens is 1. The quantitative estimate of drug-likeness (QED) is 0.0827. The first-order valence-electron chi connectivity index (χ1n) is 10.3. The largest absolute Gasteiger partial charge is 0.269 e. The maximum Gasteiger partial charge on any atom is 0.269 e. The normalized spacial score (nSPS) is 9.66. The van der Waals surface area contributed by atoms with Crippen molar-refractivity contribution in [2.24, 2.45) is 0 Å².